The molecule has 0 N–H and O–H groups in total. The van der Waals surface area contributed by atoms with Gasteiger partial charge in [0, 0.05) is 24.1 Å². The fourth-order valence-electron chi connectivity index (χ4n) is 4.21. The third-order valence-electron chi connectivity index (χ3n) is 5.67. The average molecular weight is 440 g/mol. The van der Waals surface area contributed by atoms with Gasteiger partial charge in [0.1, 0.15) is 17.1 Å². The molecule has 1 aliphatic rings. The van der Waals surface area contributed by atoms with Crippen LogP contribution >= 0.6 is 23.2 Å². The SMILES string of the molecule is COc1cc2c(c3c1c(=O)c1cc4cc(Cl)c(Cl)cc4cc1n3C)C=CC(C)(C)O2. The van der Waals surface area contributed by atoms with Crippen LogP contribution in [0.4, 0.5) is 0 Å². The molecule has 152 valence electrons. The Labute approximate surface area is 183 Å². The predicted molar refractivity (Wildman–Crippen MR) is 125 cm³/mol. The van der Waals surface area contributed by atoms with Gasteiger partial charge in [0.2, 0.25) is 5.43 Å². The minimum Gasteiger partial charge on any atom is -0.496 e. The lowest BCUT2D eigenvalue weighted by Gasteiger charge is -2.29. The minimum atomic E-state index is -0.437. The molecule has 2 heterocycles. The van der Waals surface area contributed by atoms with Crippen LogP contribution in [0.1, 0.15) is 19.4 Å². The second kappa shape index (κ2) is 6.40. The summed E-state index contributed by atoms with van der Waals surface area (Å²) in [5, 5.41) is 3.82. The summed E-state index contributed by atoms with van der Waals surface area (Å²) < 4.78 is 13.8. The van der Waals surface area contributed by atoms with Crippen LogP contribution in [0.2, 0.25) is 10.0 Å². The van der Waals surface area contributed by atoms with E-state index in [2.05, 4.69) is 0 Å². The van der Waals surface area contributed by atoms with E-state index in [-0.39, 0.29) is 5.43 Å². The highest BCUT2D eigenvalue weighted by molar-refractivity contribution is 6.42. The number of halogens is 2. The second-order valence-electron chi connectivity index (χ2n) is 8.12. The zero-order valence-electron chi connectivity index (χ0n) is 17.0. The van der Waals surface area contributed by atoms with E-state index in [0.717, 1.165) is 27.4 Å². The highest BCUT2D eigenvalue weighted by Crippen LogP contribution is 2.41. The number of hydrogen-bond donors (Lipinski definition) is 0. The van der Waals surface area contributed by atoms with Gasteiger partial charge in [-0.2, -0.15) is 0 Å². The van der Waals surface area contributed by atoms with Crippen LogP contribution < -0.4 is 14.9 Å². The quantitative estimate of drug-likeness (QED) is 0.324. The summed E-state index contributed by atoms with van der Waals surface area (Å²) in [6, 6.07) is 9.23. The lowest BCUT2D eigenvalue weighted by molar-refractivity contribution is 0.159. The van der Waals surface area contributed by atoms with Gasteiger partial charge >= 0.3 is 0 Å². The molecule has 0 fully saturated rings. The lowest BCUT2D eigenvalue weighted by Crippen LogP contribution is -2.28. The number of nitrogens with zero attached hydrogens (tertiary/aromatic N) is 1. The highest BCUT2D eigenvalue weighted by Gasteiger charge is 2.27. The average Bonchev–Trinajstić information content (AvgIpc) is 2.69. The van der Waals surface area contributed by atoms with E-state index in [1.165, 1.54) is 0 Å². The van der Waals surface area contributed by atoms with Crippen LogP contribution in [0.5, 0.6) is 11.5 Å². The summed E-state index contributed by atoms with van der Waals surface area (Å²) in [4.78, 5) is 13.6. The zero-order chi connectivity index (χ0) is 21.4. The van der Waals surface area contributed by atoms with Crippen molar-refractivity contribution in [2.24, 2.45) is 7.05 Å². The van der Waals surface area contributed by atoms with Crippen molar-refractivity contribution in [2.45, 2.75) is 19.4 Å². The van der Waals surface area contributed by atoms with E-state index < -0.39 is 5.60 Å². The summed E-state index contributed by atoms with van der Waals surface area (Å²) >= 11 is 12.4. The number of methoxy groups -OCH3 is 1. The maximum absolute atomic E-state index is 13.6. The van der Waals surface area contributed by atoms with Crippen LogP contribution in [-0.2, 0) is 7.05 Å². The van der Waals surface area contributed by atoms with Crippen molar-refractivity contribution in [2.75, 3.05) is 7.11 Å². The first-order valence-electron chi connectivity index (χ1n) is 9.54. The summed E-state index contributed by atoms with van der Waals surface area (Å²) in [7, 11) is 3.51. The number of aromatic nitrogens is 1. The number of hydrogen-bond acceptors (Lipinski definition) is 3. The van der Waals surface area contributed by atoms with Gasteiger partial charge in [0.25, 0.3) is 0 Å². The highest BCUT2D eigenvalue weighted by atomic mass is 35.5. The third kappa shape index (κ3) is 2.71. The molecular weight excluding hydrogens is 421 g/mol. The summed E-state index contributed by atoms with van der Waals surface area (Å²) in [6.07, 6.45) is 4.02. The van der Waals surface area contributed by atoms with Crippen molar-refractivity contribution in [1.29, 1.82) is 0 Å². The second-order valence-corrected chi connectivity index (χ2v) is 8.94. The standard InChI is InChI=1S/C24H19Cl2NO3/c1-24(2)6-5-14-19(30-24)11-20(29-4)21-22(14)27(3)18-10-13-9-17(26)16(25)8-12(13)7-15(18)23(21)28/h5-11H,1-4H3. The predicted octanol–water partition coefficient (Wildman–Crippen LogP) is 6.34. The maximum atomic E-state index is 13.6. The largest absolute Gasteiger partial charge is 0.496 e. The van der Waals surface area contributed by atoms with Gasteiger partial charge in [-0.25, -0.2) is 0 Å². The summed E-state index contributed by atoms with van der Waals surface area (Å²) in [5.41, 5.74) is 1.90. The Morgan fingerprint density at radius 1 is 1.03 bits per heavy atom. The molecule has 3 aromatic carbocycles. The topological polar surface area (TPSA) is 40.5 Å². The number of benzene rings is 3. The van der Waals surface area contributed by atoms with Crippen LogP contribution in [0.3, 0.4) is 0 Å². The van der Waals surface area contributed by atoms with Gasteiger partial charge in [-0.15, -0.1) is 0 Å². The van der Waals surface area contributed by atoms with Crippen molar-refractivity contribution in [3.05, 3.63) is 62.2 Å². The van der Waals surface area contributed by atoms with Gasteiger partial charge in [-0.05, 0) is 61.0 Å². The summed E-state index contributed by atoms with van der Waals surface area (Å²) in [6.45, 7) is 3.98. The maximum Gasteiger partial charge on any atom is 0.201 e. The molecule has 0 bridgehead atoms. The Bertz CT molecular complexity index is 1480. The van der Waals surface area contributed by atoms with Gasteiger partial charge in [0.05, 0.1) is 33.6 Å². The van der Waals surface area contributed by atoms with Crippen LogP contribution in [0.25, 0.3) is 38.7 Å². The van der Waals surface area contributed by atoms with Crippen LogP contribution in [-0.4, -0.2) is 17.3 Å². The molecule has 0 amide bonds. The molecule has 4 nitrogen and oxygen atoms in total. The van der Waals surface area contributed by atoms with Gasteiger partial charge < -0.3 is 14.0 Å². The Morgan fingerprint density at radius 2 is 1.70 bits per heavy atom. The first kappa shape index (κ1) is 19.3. The first-order chi connectivity index (χ1) is 14.2. The van der Waals surface area contributed by atoms with Crippen LogP contribution in [0, 0.1) is 0 Å². The van der Waals surface area contributed by atoms with Gasteiger partial charge in [-0.1, -0.05) is 23.2 Å². The molecule has 5 rings (SSSR count). The number of fused-ring (bicyclic) bond motifs is 5. The fraction of sp³-hybridized carbons (Fsp3) is 0.208. The molecule has 1 aromatic heterocycles. The van der Waals surface area contributed by atoms with Crippen molar-refractivity contribution in [3.63, 3.8) is 0 Å². The Morgan fingerprint density at radius 3 is 2.37 bits per heavy atom. The molecular formula is C24H19Cl2NO3. The number of ether oxygens (including phenoxy) is 2. The van der Waals surface area contributed by atoms with E-state index in [9.17, 15) is 4.79 Å². The summed E-state index contributed by atoms with van der Waals surface area (Å²) in [5.74, 6) is 1.18. The molecule has 30 heavy (non-hydrogen) atoms. The molecule has 0 saturated carbocycles. The molecule has 4 aromatic rings. The fourth-order valence-corrected chi connectivity index (χ4v) is 4.55. The van der Waals surface area contributed by atoms with Crippen molar-refractivity contribution in [1.82, 2.24) is 4.57 Å². The molecule has 0 atom stereocenters. The molecule has 0 spiro atoms. The monoisotopic (exact) mass is 439 g/mol. The Balaban J connectivity index is 2.00. The van der Waals surface area contributed by atoms with Gasteiger partial charge in [-0.3, -0.25) is 4.79 Å². The van der Waals surface area contributed by atoms with E-state index in [1.54, 1.807) is 19.2 Å². The molecule has 0 radical (unpaired) electrons. The minimum absolute atomic E-state index is 0.0936. The van der Waals surface area contributed by atoms with E-state index in [0.29, 0.717) is 32.3 Å². The molecule has 0 unspecified atom stereocenters. The molecule has 0 saturated heterocycles. The van der Waals surface area contributed by atoms with E-state index in [1.807, 2.05) is 55.8 Å². The van der Waals surface area contributed by atoms with Crippen molar-refractivity contribution >= 4 is 61.9 Å². The van der Waals surface area contributed by atoms with Crippen molar-refractivity contribution < 1.29 is 9.47 Å². The van der Waals surface area contributed by atoms with Crippen molar-refractivity contribution in [3.8, 4) is 11.5 Å². The molecule has 0 aliphatic carbocycles. The number of pyridine rings is 1. The Kier molecular flexibility index (Phi) is 4.12. The third-order valence-corrected chi connectivity index (χ3v) is 6.39. The molecule has 1 aliphatic heterocycles. The van der Waals surface area contributed by atoms with Crippen LogP contribution in [0.15, 0.2) is 41.2 Å². The molecule has 6 heteroatoms. The first-order valence-corrected chi connectivity index (χ1v) is 10.3. The normalized spacial score (nSPS) is 14.9. The van der Waals surface area contributed by atoms with Gasteiger partial charge in [0.15, 0.2) is 0 Å². The number of aryl methyl sites for hydroxylation is 1. The van der Waals surface area contributed by atoms with E-state index in [4.69, 9.17) is 32.7 Å². The smallest absolute Gasteiger partial charge is 0.201 e. The number of rotatable bonds is 1. The zero-order valence-corrected chi connectivity index (χ0v) is 18.5. The van der Waals surface area contributed by atoms with E-state index >= 15 is 0 Å². The Hall–Kier alpha value is -2.69. The lowest BCUT2D eigenvalue weighted by atomic mass is 9.97.